The zero-order chi connectivity index (χ0) is 14.6. The largest absolute Gasteiger partial charge is 0.444 e. The number of para-hydroxylation sites is 1. The maximum Gasteiger partial charge on any atom is 0.412 e. The van der Waals surface area contributed by atoms with Crippen molar-refractivity contribution in [3.63, 3.8) is 0 Å². The van der Waals surface area contributed by atoms with E-state index < -0.39 is 11.7 Å². The summed E-state index contributed by atoms with van der Waals surface area (Å²) in [7, 11) is 0. The second-order valence-corrected chi connectivity index (χ2v) is 6.28. The Kier molecular flexibility index (Phi) is 4.65. The first-order chi connectivity index (χ1) is 9.44. The number of anilines is 1. The van der Waals surface area contributed by atoms with Crippen LogP contribution in [0.4, 0.5) is 10.5 Å². The highest BCUT2D eigenvalue weighted by Gasteiger charge is 2.19. The highest BCUT2D eigenvalue weighted by Crippen LogP contribution is 2.21. The summed E-state index contributed by atoms with van der Waals surface area (Å²) in [6, 6.07) is 8.43. The molecule has 4 heteroatoms. The van der Waals surface area contributed by atoms with Crippen LogP contribution < -0.4 is 10.6 Å². The molecule has 1 unspecified atom stereocenters. The van der Waals surface area contributed by atoms with E-state index in [-0.39, 0.29) is 0 Å². The summed E-state index contributed by atoms with van der Waals surface area (Å²) in [5.74, 6) is 0. The number of amides is 1. The van der Waals surface area contributed by atoms with E-state index >= 15 is 0 Å². The molecule has 0 radical (unpaired) electrons. The number of rotatable bonds is 3. The molecule has 110 valence electrons. The van der Waals surface area contributed by atoms with E-state index in [4.69, 9.17) is 4.74 Å². The van der Waals surface area contributed by atoms with Gasteiger partial charge in [0, 0.05) is 11.7 Å². The summed E-state index contributed by atoms with van der Waals surface area (Å²) < 4.78 is 5.30. The third kappa shape index (κ3) is 4.53. The molecule has 1 atom stereocenters. The lowest BCUT2D eigenvalue weighted by Crippen LogP contribution is -2.28. The molecule has 1 aliphatic rings. The fraction of sp³-hybridized carbons (Fsp3) is 0.562. The molecule has 1 amide bonds. The van der Waals surface area contributed by atoms with Gasteiger partial charge in [-0.2, -0.15) is 0 Å². The molecular weight excluding hydrogens is 252 g/mol. The van der Waals surface area contributed by atoms with Crippen LogP contribution in [0.25, 0.3) is 0 Å². The van der Waals surface area contributed by atoms with Gasteiger partial charge in [-0.15, -0.1) is 0 Å². The van der Waals surface area contributed by atoms with E-state index in [9.17, 15) is 4.79 Å². The van der Waals surface area contributed by atoms with Crippen molar-refractivity contribution in [3.8, 4) is 0 Å². The van der Waals surface area contributed by atoms with Gasteiger partial charge in [0.2, 0.25) is 0 Å². The number of carbonyl (C=O) groups excluding carboxylic acids is 1. The van der Waals surface area contributed by atoms with Crippen molar-refractivity contribution in [2.24, 2.45) is 0 Å². The highest BCUT2D eigenvalue weighted by molar-refractivity contribution is 5.85. The first-order valence-corrected chi connectivity index (χ1v) is 7.25. The molecular formula is C16H24N2O2. The maximum atomic E-state index is 11.9. The number of carbonyl (C=O) groups is 1. The van der Waals surface area contributed by atoms with Gasteiger partial charge in [0.1, 0.15) is 5.60 Å². The van der Waals surface area contributed by atoms with Crippen molar-refractivity contribution in [2.75, 3.05) is 11.9 Å². The van der Waals surface area contributed by atoms with Crippen LogP contribution in [0.15, 0.2) is 24.3 Å². The van der Waals surface area contributed by atoms with Crippen LogP contribution in [0.3, 0.4) is 0 Å². The summed E-state index contributed by atoms with van der Waals surface area (Å²) in [6.45, 7) is 6.68. The van der Waals surface area contributed by atoms with Gasteiger partial charge in [-0.1, -0.05) is 18.2 Å². The minimum atomic E-state index is -0.480. The molecule has 1 fully saturated rings. The van der Waals surface area contributed by atoms with Crippen LogP contribution in [-0.4, -0.2) is 24.3 Å². The summed E-state index contributed by atoms with van der Waals surface area (Å²) >= 11 is 0. The normalized spacial score (nSPS) is 18.9. The second kappa shape index (κ2) is 6.27. The zero-order valence-electron chi connectivity index (χ0n) is 12.5. The quantitative estimate of drug-likeness (QED) is 0.890. The Morgan fingerprint density at radius 2 is 2.15 bits per heavy atom. The molecule has 1 saturated heterocycles. The molecule has 1 heterocycles. The number of ether oxygens (including phenoxy) is 1. The van der Waals surface area contributed by atoms with Crippen molar-refractivity contribution in [1.82, 2.24) is 5.32 Å². The van der Waals surface area contributed by atoms with Gasteiger partial charge in [0.15, 0.2) is 0 Å². The summed E-state index contributed by atoms with van der Waals surface area (Å²) in [4.78, 5) is 11.9. The van der Waals surface area contributed by atoms with Crippen molar-refractivity contribution in [1.29, 1.82) is 0 Å². The van der Waals surface area contributed by atoms with Gasteiger partial charge in [0.25, 0.3) is 0 Å². The molecule has 1 aliphatic heterocycles. The van der Waals surface area contributed by atoms with Crippen molar-refractivity contribution in [2.45, 2.75) is 51.7 Å². The number of hydrogen-bond acceptors (Lipinski definition) is 3. The predicted octanol–water partition coefficient (Wildman–Crippen LogP) is 3.33. The van der Waals surface area contributed by atoms with Crippen molar-refractivity contribution < 1.29 is 9.53 Å². The van der Waals surface area contributed by atoms with Crippen molar-refractivity contribution in [3.05, 3.63) is 29.8 Å². The topological polar surface area (TPSA) is 50.4 Å². The Balaban J connectivity index is 2.01. The van der Waals surface area contributed by atoms with Gasteiger partial charge in [-0.25, -0.2) is 4.79 Å². The molecule has 1 aromatic rings. The minimum absolute atomic E-state index is 0.399. The molecule has 20 heavy (non-hydrogen) atoms. The van der Waals surface area contributed by atoms with Gasteiger partial charge < -0.3 is 10.1 Å². The molecule has 0 saturated carbocycles. The van der Waals surface area contributed by atoms with E-state index in [1.54, 1.807) is 0 Å². The molecule has 2 N–H and O–H groups in total. The standard InChI is InChI=1S/C16H24N2O2/c1-16(2,3)20-15(19)18-14-9-5-4-7-12(14)11-13-8-6-10-17-13/h4-5,7,9,13,17H,6,8,10-11H2,1-3H3,(H,18,19). The van der Waals surface area contributed by atoms with Gasteiger partial charge in [-0.3, -0.25) is 5.32 Å². The maximum absolute atomic E-state index is 11.9. The summed E-state index contributed by atoms with van der Waals surface area (Å²) in [5.41, 5.74) is 1.51. The lowest BCUT2D eigenvalue weighted by atomic mass is 10.0. The van der Waals surface area contributed by atoms with Crippen molar-refractivity contribution >= 4 is 11.8 Å². The van der Waals surface area contributed by atoms with Crippen LogP contribution >= 0.6 is 0 Å². The monoisotopic (exact) mass is 276 g/mol. The van der Waals surface area contributed by atoms with Gasteiger partial charge >= 0.3 is 6.09 Å². The Morgan fingerprint density at radius 3 is 2.80 bits per heavy atom. The molecule has 1 aromatic carbocycles. The fourth-order valence-electron chi connectivity index (χ4n) is 2.43. The number of benzene rings is 1. The Morgan fingerprint density at radius 1 is 1.40 bits per heavy atom. The van der Waals surface area contributed by atoms with Crippen LogP contribution in [0, 0.1) is 0 Å². The van der Waals surface area contributed by atoms with E-state index in [1.807, 2.05) is 39.0 Å². The van der Waals surface area contributed by atoms with Gasteiger partial charge in [-0.05, 0) is 58.2 Å². The summed E-state index contributed by atoms with van der Waals surface area (Å²) in [5, 5.41) is 6.33. The zero-order valence-corrected chi connectivity index (χ0v) is 12.5. The molecule has 4 nitrogen and oxygen atoms in total. The van der Waals surface area contributed by atoms with E-state index in [0.717, 1.165) is 24.2 Å². The third-order valence-corrected chi connectivity index (χ3v) is 3.28. The molecule has 0 spiro atoms. The highest BCUT2D eigenvalue weighted by atomic mass is 16.6. The Hall–Kier alpha value is -1.55. The summed E-state index contributed by atoms with van der Waals surface area (Å²) in [6.07, 6.45) is 2.96. The van der Waals surface area contributed by atoms with E-state index in [0.29, 0.717) is 6.04 Å². The third-order valence-electron chi connectivity index (χ3n) is 3.28. The minimum Gasteiger partial charge on any atom is -0.444 e. The van der Waals surface area contributed by atoms with E-state index in [2.05, 4.69) is 16.7 Å². The number of nitrogens with one attached hydrogen (secondary N) is 2. The van der Waals surface area contributed by atoms with Gasteiger partial charge in [0.05, 0.1) is 0 Å². The van der Waals surface area contributed by atoms with Crippen LogP contribution in [0.1, 0.15) is 39.2 Å². The second-order valence-electron chi connectivity index (χ2n) is 6.28. The SMILES string of the molecule is CC(C)(C)OC(=O)Nc1ccccc1CC1CCCN1. The fourth-order valence-corrected chi connectivity index (χ4v) is 2.43. The van der Waals surface area contributed by atoms with E-state index in [1.165, 1.54) is 12.8 Å². The first kappa shape index (κ1) is 14.9. The molecule has 2 rings (SSSR count). The lowest BCUT2D eigenvalue weighted by molar-refractivity contribution is 0.0636. The first-order valence-electron chi connectivity index (χ1n) is 7.25. The Bertz CT molecular complexity index is 460. The average Bonchev–Trinajstić information content (AvgIpc) is 2.82. The van der Waals surface area contributed by atoms with Crippen LogP contribution in [0.5, 0.6) is 0 Å². The average molecular weight is 276 g/mol. The number of hydrogen-bond donors (Lipinski definition) is 2. The lowest BCUT2D eigenvalue weighted by Gasteiger charge is -2.21. The smallest absolute Gasteiger partial charge is 0.412 e. The Labute approximate surface area is 120 Å². The molecule has 0 aliphatic carbocycles. The predicted molar refractivity (Wildman–Crippen MR) is 81.0 cm³/mol. The van der Waals surface area contributed by atoms with Crippen LogP contribution in [-0.2, 0) is 11.2 Å². The van der Waals surface area contributed by atoms with Crippen LogP contribution in [0.2, 0.25) is 0 Å². The molecule has 0 aromatic heterocycles. The molecule has 0 bridgehead atoms.